The van der Waals surface area contributed by atoms with Gasteiger partial charge in [0.25, 0.3) is 0 Å². The lowest BCUT2D eigenvalue weighted by molar-refractivity contribution is 0.439. The molecule has 6 heteroatoms. The van der Waals surface area contributed by atoms with E-state index in [0.29, 0.717) is 11.3 Å². The van der Waals surface area contributed by atoms with Crippen LogP contribution in [0.1, 0.15) is 5.56 Å². The predicted molar refractivity (Wildman–Crippen MR) is 79.4 cm³/mol. The molecule has 0 atom stereocenters. The van der Waals surface area contributed by atoms with Crippen LogP contribution in [0.5, 0.6) is 0 Å². The van der Waals surface area contributed by atoms with Crippen LogP contribution in [0.15, 0.2) is 33.5 Å². The number of aromatic nitrogens is 1. The largest absolute Gasteiger partial charge is 0.367 e. The lowest BCUT2D eigenvalue weighted by Gasteiger charge is -2.05. The maximum Gasteiger partial charge on any atom is 0.230 e. The molecule has 0 unspecified atom stereocenters. The summed E-state index contributed by atoms with van der Waals surface area (Å²) in [6, 6.07) is 4.76. The summed E-state index contributed by atoms with van der Waals surface area (Å²) in [5.74, 6) is -0.454. The standard InChI is InChI=1S/C14H10ClFN2OS/c1-7-5-20-6-9(7)13-11(14(17)19-18-13)8-3-2-4-10(15)12(8)16/h2-6H,17H2,1H3. The van der Waals surface area contributed by atoms with Crippen LogP contribution in [0.4, 0.5) is 10.3 Å². The minimum atomic E-state index is -0.529. The van der Waals surface area contributed by atoms with Gasteiger partial charge in [-0.05, 0) is 23.9 Å². The van der Waals surface area contributed by atoms with Crippen molar-refractivity contribution < 1.29 is 8.91 Å². The van der Waals surface area contributed by atoms with Gasteiger partial charge < -0.3 is 10.3 Å². The lowest BCUT2D eigenvalue weighted by Crippen LogP contribution is -1.91. The summed E-state index contributed by atoms with van der Waals surface area (Å²) >= 11 is 7.37. The normalized spacial score (nSPS) is 10.9. The highest BCUT2D eigenvalue weighted by Gasteiger charge is 2.22. The Labute approximate surface area is 123 Å². The number of aryl methyl sites for hydroxylation is 1. The van der Waals surface area contributed by atoms with E-state index < -0.39 is 5.82 Å². The van der Waals surface area contributed by atoms with Gasteiger partial charge in [-0.3, -0.25) is 0 Å². The molecule has 0 saturated carbocycles. The Balaban J connectivity index is 2.27. The molecule has 0 bridgehead atoms. The molecular weight excluding hydrogens is 299 g/mol. The van der Waals surface area contributed by atoms with Crippen molar-refractivity contribution in [3.8, 4) is 22.4 Å². The first-order valence-electron chi connectivity index (χ1n) is 5.82. The van der Waals surface area contributed by atoms with Gasteiger partial charge in [0.2, 0.25) is 5.88 Å². The minimum Gasteiger partial charge on any atom is -0.367 e. The number of hydrogen-bond acceptors (Lipinski definition) is 4. The molecule has 0 aliphatic rings. The molecule has 0 aliphatic heterocycles. The minimum absolute atomic E-state index is 0.0380. The molecule has 2 aromatic heterocycles. The van der Waals surface area contributed by atoms with E-state index in [1.165, 1.54) is 17.4 Å². The number of nitrogens with zero attached hydrogens (tertiary/aromatic N) is 1. The van der Waals surface area contributed by atoms with Gasteiger partial charge in [-0.15, -0.1) is 0 Å². The second-order valence-corrected chi connectivity index (χ2v) is 5.49. The fourth-order valence-corrected chi connectivity index (χ4v) is 3.05. The number of anilines is 1. The van der Waals surface area contributed by atoms with Crippen molar-refractivity contribution in [2.75, 3.05) is 5.73 Å². The Bertz CT molecular complexity index is 781. The van der Waals surface area contributed by atoms with Crippen LogP contribution in [0, 0.1) is 12.7 Å². The van der Waals surface area contributed by atoms with E-state index in [1.54, 1.807) is 12.1 Å². The highest BCUT2D eigenvalue weighted by atomic mass is 35.5. The van der Waals surface area contributed by atoms with Gasteiger partial charge >= 0.3 is 0 Å². The lowest BCUT2D eigenvalue weighted by atomic mass is 10.0. The van der Waals surface area contributed by atoms with Crippen molar-refractivity contribution in [1.82, 2.24) is 5.16 Å². The maximum atomic E-state index is 14.2. The highest BCUT2D eigenvalue weighted by molar-refractivity contribution is 7.08. The average Bonchev–Trinajstić information content (AvgIpc) is 2.99. The summed E-state index contributed by atoms with van der Waals surface area (Å²) < 4.78 is 19.3. The van der Waals surface area contributed by atoms with Crippen LogP contribution in [0.25, 0.3) is 22.4 Å². The molecule has 2 heterocycles. The van der Waals surface area contributed by atoms with Gasteiger partial charge in [0, 0.05) is 16.5 Å². The quantitative estimate of drug-likeness (QED) is 0.743. The van der Waals surface area contributed by atoms with E-state index in [4.69, 9.17) is 21.9 Å². The summed E-state index contributed by atoms with van der Waals surface area (Å²) in [4.78, 5) is 0. The first-order chi connectivity index (χ1) is 9.59. The zero-order valence-corrected chi connectivity index (χ0v) is 12.1. The monoisotopic (exact) mass is 308 g/mol. The van der Waals surface area contributed by atoms with Crippen LogP contribution in [-0.4, -0.2) is 5.16 Å². The fraction of sp³-hybridized carbons (Fsp3) is 0.0714. The summed E-state index contributed by atoms with van der Waals surface area (Å²) in [5.41, 5.74) is 8.98. The summed E-state index contributed by atoms with van der Waals surface area (Å²) in [6.07, 6.45) is 0. The van der Waals surface area contributed by atoms with Gasteiger partial charge in [-0.25, -0.2) is 4.39 Å². The first-order valence-corrected chi connectivity index (χ1v) is 7.14. The summed E-state index contributed by atoms with van der Waals surface area (Å²) in [7, 11) is 0. The topological polar surface area (TPSA) is 52.0 Å². The van der Waals surface area contributed by atoms with Crippen molar-refractivity contribution in [3.05, 3.63) is 45.4 Å². The van der Waals surface area contributed by atoms with Crippen LogP contribution in [0.2, 0.25) is 5.02 Å². The van der Waals surface area contributed by atoms with E-state index in [2.05, 4.69) is 5.16 Å². The van der Waals surface area contributed by atoms with Crippen LogP contribution in [0.3, 0.4) is 0 Å². The van der Waals surface area contributed by atoms with Crippen molar-refractivity contribution in [3.63, 3.8) is 0 Å². The molecule has 0 radical (unpaired) electrons. The number of hydrogen-bond donors (Lipinski definition) is 1. The SMILES string of the molecule is Cc1cscc1-c1noc(N)c1-c1cccc(Cl)c1F. The van der Waals surface area contributed by atoms with Crippen LogP contribution in [-0.2, 0) is 0 Å². The Hall–Kier alpha value is -1.85. The van der Waals surface area contributed by atoms with Gasteiger partial charge in [0.05, 0.1) is 10.6 Å². The van der Waals surface area contributed by atoms with Gasteiger partial charge in [0.15, 0.2) is 0 Å². The average molecular weight is 309 g/mol. The molecule has 3 rings (SSSR count). The van der Waals surface area contributed by atoms with Crippen molar-refractivity contribution in [2.45, 2.75) is 6.92 Å². The number of nitrogen functional groups attached to an aromatic ring is 1. The van der Waals surface area contributed by atoms with E-state index in [-0.39, 0.29) is 16.5 Å². The molecular formula is C14H10ClFN2OS. The van der Waals surface area contributed by atoms with Gasteiger partial charge in [0.1, 0.15) is 11.5 Å². The number of nitrogens with two attached hydrogens (primary N) is 1. The number of thiophene rings is 1. The maximum absolute atomic E-state index is 14.2. The second kappa shape index (κ2) is 4.92. The molecule has 20 heavy (non-hydrogen) atoms. The molecule has 1 aromatic carbocycles. The molecule has 3 aromatic rings. The van der Waals surface area contributed by atoms with E-state index in [1.807, 2.05) is 17.7 Å². The fourth-order valence-electron chi connectivity index (χ4n) is 2.05. The second-order valence-electron chi connectivity index (χ2n) is 4.34. The molecule has 0 aliphatic carbocycles. The number of rotatable bonds is 2. The van der Waals surface area contributed by atoms with Gasteiger partial charge in [-0.2, -0.15) is 11.3 Å². The van der Waals surface area contributed by atoms with Crippen LogP contribution >= 0.6 is 22.9 Å². The number of halogens is 2. The molecule has 0 spiro atoms. The molecule has 0 fully saturated rings. The molecule has 0 amide bonds. The first kappa shape index (κ1) is 13.1. The summed E-state index contributed by atoms with van der Waals surface area (Å²) in [5, 5.41) is 7.91. The third kappa shape index (κ3) is 1.99. The number of benzene rings is 1. The Kier molecular flexibility index (Phi) is 3.23. The van der Waals surface area contributed by atoms with Crippen LogP contribution < -0.4 is 5.73 Å². The molecule has 2 N–H and O–H groups in total. The molecule has 0 saturated heterocycles. The smallest absolute Gasteiger partial charge is 0.230 e. The Morgan fingerprint density at radius 2 is 2.10 bits per heavy atom. The highest BCUT2D eigenvalue weighted by Crippen LogP contribution is 2.40. The van der Waals surface area contributed by atoms with Crippen molar-refractivity contribution in [1.29, 1.82) is 0 Å². The third-order valence-electron chi connectivity index (χ3n) is 3.05. The molecule has 102 valence electrons. The summed E-state index contributed by atoms with van der Waals surface area (Å²) in [6.45, 7) is 1.95. The Morgan fingerprint density at radius 3 is 2.80 bits per heavy atom. The zero-order valence-electron chi connectivity index (χ0n) is 10.5. The predicted octanol–water partition coefficient (Wildman–Crippen LogP) is 4.75. The van der Waals surface area contributed by atoms with E-state index in [9.17, 15) is 4.39 Å². The Morgan fingerprint density at radius 1 is 1.30 bits per heavy atom. The third-order valence-corrected chi connectivity index (χ3v) is 4.20. The molecule has 3 nitrogen and oxygen atoms in total. The van der Waals surface area contributed by atoms with Gasteiger partial charge in [-0.1, -0.05) is 28.9 Å². The van der Waals surface area contributed by atoms with Crippen molar-refractivity contribution >= 4 is 28.8 Å². The van der Waals surface area contributed by atoms with E-state index in [0.717, 1.165) is 11.1 Å². The van der Waals surface area contributed by atoms with Crippen molar-refractivity contribution in [2.24, 2.45) is 0 Å². The zero-order chi connectivity index (χ0) is 14.3. The van der Waals surface area contributed by atoms with E-state index >= 15 is 0 Å².